The number of alkyl halides is 1. The summed E-state index contributed by atoms with van der Waals surface area (Å²) in [4.78, 5) is 47.6. The van der Waals surface area contributed by atoms with E-state index in [2.05, 4.69) is 15.5 Å². The van der Waals surface area contributed by atoms with Crippen molar-refractivity contribution in [3.05, 3.63) is 12.2 Å². The Hall–Kier alpha value is -2.77. The second-order valence-corrected chi connectivity index (χ2v) is 12.4. The van der Waals surface area contributed by atoms with Gasteiger partial charge in [-0.25, -0.2) is 9.59 Å². The molecule has 0 radical (unpaired) electrons. The average molecular weight is 844 g/mol. The highest BCUT2D eigenvalue weighted by Crippen LogP contribution is 2.01. The summed E-state index contributed by atoms with van der Waals surface area (Å²) in [7, 11) is 1.98. The maximum atomic E-state index is 11.6. The van der Waals surface area contributed by atoms with Crippen LogP contribution in [0.1, 0.15) is 72.1 Å². The van der Waals surface area contributed by atoms with Crippen LogP contribution in [0.2, 0.25) is 0 Å². The molecule has 336 valence electrons. The fourth-order valence-corrected chi connectivity index (χ4v) is 4.19. The van der Waals surface area contributed by atoms with Crippen LogP contribution in [-0.2, 0) is 57.0 Å². The van der Waals surface area contributed by atoms with Crippen LogP contribution in [-0.4, -0.2) is 174 Å². The number of unbranched alkanes of at least 4 members (excludes halogenated alkanes) is 3. The highest BCUT2D eigenvalue weighted by atomic mass is 35.5. The summed E-state index contributed by atoms with van der Waals surface area (Å²) in [6.45, 7) is 15.3. The molecule has 0 heterocycles. The Morgan fingerprint density at radius 1 is 0.526 bits per heavy atom. The largest absolute Gasteiger partial charge is 0.463 e. The van der Waals surface area contributed by atoms with Gasteiger partial charge < -0.3 is 62.9 Å². The standard InChI is InChI=1S/C21H39N3O8.C18H35ClO6/c1-4-22-20(26)31-14-7-6-13-30-19(25)9-8-12-28-15-16-29-17-18-32-21(27)23-10-11-24(3)5-2;1-2-21-12-13-24-16-17-25-18(20)8-7-11-23-15-14-22-10-6-4-3-5-9-19/h6-7H,4-5,8-18H2,1-3H3,(H,22,26)(H,23,27);2-17H2,1H3/b7-6+;. The molecule has 0 bridgehead atoms. The Kier molecular flexibility index (Phi) is 47.0. The van der Waals surface area contributed by atoms with E-state index in [9.17, 15) is 19.2 Å². The molecule has 17 nitrogen and oxygen atoms in total. The van der Waals surface area contributed by atoms with E-state index in [0.29, 0.717) is 105 Å². The third kappa shape index (κ3) is 49.3. The lowest BCUT2D eigenvalue weighted by atomic mass is 10.2. The van der Waals surface area contributed by atoms with Gasteiger partial charge in [0.25, 0.3) is 0 Å². The number of amides is 2. The van der Waals surface area contributed by atoms with Gasteiger partial charge in [-0.3, -0.25) is 9.59 Å². The molecular weight excluding hydrogens is 770 g/mol. The summed E-state index contributed by atoms with van der Waals surface area (Å²) < 4.78 is 51.8. The Morgan fingerprint density at radius 3 is 1.56 bits per heavy atom. The Labute approximate surface area is 346 Å². The monoisotopic (exact) mass is 843 g/mol. The number of hydrogen-bond donors (Lipinski definition) is 2. The average Bonchev–Trinajstić information content (AvgIpc) is 3.20. The van der Waals surface area contributed by atoms with Crippen LogP contribution in [0.15, 0.2) is 12.2 Å². The van der Waals surface area contributed by atoms with Crippen molar-refractivity contribution in [1.29, 1.82) is 0 Å². The van der Waals surface area contributed by atoms with Crippen molar-refractivity contribution in [3.63, 3.8) is 0 Å². The Morgan fingerprint density at radius 2 is 1.00 bits per heavy atom. The molecule has 57 heavy (non-hydrogen) atoms. The zero-order valence-corrected chi connectivity index (χ0v) is 36.0. The van der Waals surface area contributed by atoms with Gasteiger partial charge in [-0.2, -0.15) is 0 Å². The highest BCUT2D eigenvalue weighted by Gasteiger charge is 2.05. The maximum Gasteiger partial charge on any atom is 0.407 e. The Balaban J connectivity index is 0. The molecule has 0 spiro atoms. The summed E-state index contributed by atoms with van der Waals surface area (Å²) in [5, 5.41) is 5.17. The Bertz CT molecular complexity index is 952. The lowest BCUT2D eigenvalue weighted by Crippen LogP contribution is -2.33. The van der Waals surface area contributed by atoms with Crippen molar-refractivity contribution in [3.8, 4) is 0 Å². The lowest BCUT2D eigenvalue weighted by molar-refractivity contribution is -0.146. The van der Waals surface area contributed by atoms with Gasteiger partial charge >= 0.3 is 24.1 Å². The predicted octanol–water partition coefficient (Wildman–Crippen LogP) is 4.52. The van der Waals surface area contributed by atoms with E-state index < -0.39 is 12.2 Å². The first-order valence-corrected chi connectivity index (χ1v) is 20.8. The number of alkyl carbamates (subject to hydrolysis) is 2. The summed E-state index contributed by atoms with van der Waals surface area (Å²) in [6, 6.07) is 0. The fourth-order valence-electron chi connectivity index (χ4n) is 4.00. The van der Waals surface area contributed by atoms with Crippen LogP contribution in [0.25, 0.3) is 0 Å². The zero-order chi connectivity index (χ0) is 42.3. The number of likely N-dealkylation sites (N-methyl/N-ethyl adjacent to an activating group) is 1. The fraction of sp³-hybridized carbons (Fsp3) is 0.846. The molecule has 0 aromatic rings. The molecule has 0 saturated carbocycles. The number of hydrogen-bond acceptors (Lipinski definition) is 15. The van der Waals surface area contributed by atoms with Crippen LogP contribution < -0.4 is 10.6 Å². The summed E-state index contributed by atoms with van der Waals surface area (Å²) in [5.74, 6) is 0.200. The number of esters is 2. The smallest absolute Gasteiger partial charge is 0.407 e. The molecule has 0 fully saturated rings. The first-order valence-electron chi connectivity index (χ1n) is 20.3. The molecule has 2 N–H and O–H groups in total. The number of halogens is 1. The molecule has 0 atom stereocenters. The van der Waals surface area contributed by atoms with Crippen molar-refractivity contribution in [2.75, 3.05) is 145 Å². The number of carbonyl (C=O) groups excluding carboxylic acids is 4. The van der Waals surface area contributed by atoms with Gasteiger partial charge in [0.1, 0.15) is 26.4 Å². The van der Waals surface area contributed by atoms with E-state index in [1.165, 1.54) is 6.42 Å². The van der Waals surface area contributed by atoms with Crippen LogP contribution >= 0.6 is 11.6 Å². The summed E-state index contributed by atoms with van der Waals surface area (Å²) >= 11 is 5.61. The third-order valence-corrected chi connectivity index (χ3v) is 7.49. The topological polar surface area (TPSA) is 188 Å². The minimum absolute atomic E-state index is 0.121. The second kappa shape index (κ2) is 47.6. The first kappa shape index (κ1) is 56.3. The molecule has 0 aromatic carbocycles. The molecule has 0 aliphatic heterocycles. The van der Waals surface area contributed by atoms with E-state index in [4.69, 9.17) is 59.0 Å². The quantitative estimate of drug-likeness (QED) is 0.0289. The number of rotatable bonds is 39. The van der Waals surface area contributed by atoms with Crippen molar-refractivity contribution in [1.82, 2.24) is 15.5 Å². The van der Waals surface area contributed by atoms with Crippen molar-refractivity contribution in [2.45, 2.75) is 72.1 Å². The van der Waals surface area contributed by atoms with E-state index in [1.54, 1.807) is 19.1 Å². The lowest BCUT2D eigenvalue weighted by Gasteiger charge is -2.14. The maximum absolute atomic E-state index is 11.6. The van der Waals surface area contributed by atoms with Crippen molar-refractivity contribution < 1.29 is 66.5 Å². The van der Waals surface area contributed by atoms with E-state index in [1.807, 2.05) is 20.9 Å². The SMILES string of the molecule is CCNC(=O)OC/C=C/COC(=O)CCCOCCOCCOC(=O)NCCN(C)CC.CCOCCOCCOC(=O)CCCOCCOCCCCCCCl. The van der Waals surface area contributed by atoms with Crippen LogP contribution in [0, 0.1) is 0 Å². The van der Waals surface area contributed by atoms with Gasteiger partial charge in [0.15, 0.2) is 0 Å². The van der Waals surface area contributed by atoms with Crippen molar-refractivity contribution >= 4 is 35.7 Å². The van der Waals surface area contributed by atoms with Gasteiger partial charge in [0.2, 0.25) is 0 Å². The minimum Gasteiger partial charge on any atom is -0.463 e. The normalized spacial score (nSPS) is 10.9. The second-order valence-electron chi connectivity index (χ2n) is 12.0. The first-order chi connectivity index (χ1) is 27.8. The number of nitrogens with one attached hydrogen (secondary N) is 2. The number of ether oxygens (including phenoxy) is 10. The number of nitrogens with zero attached hydrogens (tertiary/aromatic N) is 1. The van der Waals surface area contributed by atoms with Crippen molar-refractivity contribution in [2.24, 2.45) is 0 Å². The van der Waals surface area contributed by atoms with Gasteiger partial charge in [-0.1, -0.05) is 19.8 Å². The summed E-state index contributed by atoms with van der Waals surface area (Å²) in [6.07, 6.45) is 8.56. The van der Waals surface area contributed by atoms with Crippen LogP contribution in [0.3, 0.4) is 0 Å². The highest BCUT2D eigenvalue weighted by molar-refractivity contribution is 6.17. The van der Waals surface area contributed by atoms with E-state index in [-0.39, 0.29) is 44.8 Å². The van der Waals surface area contributed by atoms with Gasteiger partial charge in [0, 0.05) is 64.8 Å². The summed E-state index contributed by atoms with van der Waals surface area (Å²) in [5.41, 5.74) is 0. The zero-order valence-electron chi connectivity index (χ0n) is 35.2. The third-order valence-electron chi connectivity index (χ3n) is 7.22. The molecule has 0 unspecified atom stereocenters. The molecule has 2 amide bonds. The van der Waals surface area contributed by atoms with Gasteiger partial charge in [-0.05, 0) is 65.3 Å². The molecule has 0 saturated heterocycles. The minimum atomic E-state index is -0.484. The number of carbonyl (C=O) groups is 4. The van der Waals surface area contributed by atoms with Gasteiger partial charge in [-0.15, -0.1) is 11.6 Å². The predicted molar refractivity (Wildman–Crippen MR) is 217 cm³/mol. The van der Waals surface area contributed by atoms with Crippen LogP contribution in [0.4, 0.5) is 9.59 Å². The van der Waals surface area contributed by atoms with Gasteiger partial charge in [0.05, 0.1) is 52.9 Å². The van der Waals surface area contributed by atoms with E-state index in [0.717, 1.165) is 44.8 Å². The molecule has 0 aliphatic rings. The van der Waals surface area contributed by atoms with Crippen LogP contribution in [0.5, 0.6) is 0 Å². The van der Waals surface area contributed by atoms with E-state index >= 15 is 0 Å². The molecule has 18 heteroatoms. The molecule has 0 aromatic heterocycles. The molecule has 0 aliphatic carbocycles. The molecule has 0 rings (SSSR count). The molecular formula is C39H74ClN3O14.